The van der Waals surface area contributed by atoms with E-state index in [0.717, 1.165) is 6.08 Å². The van der Waals surface area contributed by atoms with Crippen molar-refractivity contribution >= 4 is 28.4 Å². The topological polar surface area (TPSA) is 133 Å². The van der Waals surface area contributed by atoms with Crippen LogP contribution in [0.15, 0.2) is 90.5 Å². The lowest BCUT2D eigenvalue weighted by Crippen LogP contribution is -2.26. The number of aromatic amines is 1. The molecule has 5 N–H and O–H groups in total. The molecule has 0 aliphatic rings. The molecule has 0 fully saturated rings. The van der Waals surface area contributed by atoms with Crippen LogP contribution in [-0.4, -0.2) is 29.2 Å². The average molecular weight is 569 g/mol. The van der Waals surface area contributed by atoms with E-state index in [4.69, 9.17) is 11.5 Å². The number of alkyl halides is 2. The Morgan fingerprint density at radius 3 is 2.02 bits per heavy atom. The van der Waals surface area contributed by atoms with E-state index in [1.54, 1.807) is 36.4 Å². The van der Waals surface area contributed by atoms with Crippen LogP contribution in [0.1, 0.15) is 33.9 Å². The van der Waals surface area contributed by atoms with Gasteiger partial charge in [-0.25, -0.2) is 9.78 Å². The van der Waals surface area contributed by atoms with Crippen molar-refractivity contribution in [3.05, 3.63) is 102 Å². The minimum Gasteiger partial charge on any atom is -0.479 e. The molecule has 1 aromatic heterocycles. The number of hydrogen-bond donors (Lipinski definition) is 3. The third-order valence-electron chi connectivity index (χ3n) is 4.32. The Labute approximate surface area is 231 Å². The molecule has 220 valence electrons. The first-order valence-corrected chi connectivity index (χ1v) is 11.0. The fourth-order valence-corrected chi connectivity index (χ4v) is 2.60. The van der Waals surface area contributed by atoms with E-state index in [0.29, 0.717) is 22.4 Å². The van der Waals surface area contributed by atoms with Gasteiger partial charge in [0.25, 0.3) is 17.2 Å². The van der Waals surface area contributed by atoms with E-state index in [9.17, 15) is 27.2 Å². The quantitative estimate of drug-likeness (QED) is 0.0698. The molecule has 40 heavy (non-hydrogen) atoms. The number of allylic oxidation sites excluding steroid dienone is 1. The fraction of sp³-hybridized carbons (Fsp3) is 0.250. The number of nitrogen functional groups attached to an aromatic ring is 2. The number of para-hydroxylation sites is 4. The summed E-state index contributed by atoms with van der Waals surface area (Å²) in [5, 5.41) is 0. The largest absolute Gasteiger partial charge is 0.479 e. The first kappa shape index (κ1) is 37.5. The highest BCUT2D eigenvalue weighted by atomic mass is 19.3. The SMILES string of the molecule is C.C.C=CCC(F)(F)c1nc2ccccc2[nH]c1=O.C=CCOC(C(=O)OCC)=C(F)F.Nc1ccccc1N. The van der Waals surface area contributed by atoms with Gasteiger partial charge in [-0.1, -0.05) is 57.8 Å². The maximum absolute atomic E-state index is 13.6. The number of ether oxygens (including phenoxy) is 2. The number of hydrogen-bond acceptors (Lipinski definition) is 7. The van der Waals surface area contributed by atoms with Crippen molar-refractivity contribution in [3.63, 3.8) is 0 Å². The molecule has 0 spiro atoms. The number of nitrogens with zero attached hydrogens (tertiary/aromatic N) is 1. The predicted molar refractivity (Wildman–Crippen MR) is 152 cm³/mol. The highest BCUT2D eigenvalue weighted by Gasteiger charge is 2.35. The first-order valence-electron chi connectivity index (χ1n) is 11.0. The summed E-state index contributed by atoms with van der Waals surface area (Å²) < 4.78 is 59.9. The number of esters is 1. The second kappa shape index (κ2) is 18.6. The Balaban J connectivity index is 0. The van der Waals surface area contributed by atoms with Gasteiger partial charge in [-0.2, -0.15) is 17.6 Å². The van der Waals surface area contributed by atoms with E-state index >= 15 is 0 Å². The van der Waals surface area contributed by atoms with Gasteiger partial charge in [0.2, 0.25) is 0 Å². The number of nitrogens with two attached hydrogens (primary N) is 2. The zero-order chi connectivity index (χ0) is 28.7. The molecule has 0 unspecified atom stereocenters. The number of fused-ring (bicyclic) bond motifs is 1. The van der Waals surface area contributed by atoms with E-state index in [1.807, 2.05) is 12.1 Å². The molecular formula is C28H36F4N4O4. The smallest absolute Gasteiger partial charge is 0.379 e. The van der Waals surface area contributed by atoms with E-state index in [-0.39, 0.29) is 28.1 Å². The molecule has 0 radical (unpaired) electrons. The van der Waals surface area contributed by atoms with Gasteiger partial charge in [0.05, 0.1) is 29.0 Å². The number of nitrogens with one attached hydrogen (secondary N) is 1. The summed E-state index contributed by atoms with van der Waals surface area (Å²) in [6, 6.07) is 13.8. The zero-order valence-corrected chi connectivity index (χ0v) is 20.6. The molecule has 2 aromatic carbocycles. The van der Waals surface area contributed by atoms with Crippen LogP contribution in [0.3, 0.4) is 0 Å². The standard InChI is InChI=1S/C12H10F2N2O.C8H10F2O3.C6H8N2.2CH4/c1-2-7-12(13,14)10-11(17)16-9-6-4-3-5-8(9)15-10;1-3-5-13-6(7(9)10)8(11)12-4-2;7-5-3-1-2-4-6(5)8;;/h2-6H,1,7H2,(H,16,17);3H,1,4-5H2,2H3;1-4H,7-8H2;2*1H4. The van der Waals surface area contributed by atoms with Gasteiger partial charge in [-0.3, -0.25) is 4.79 Å². The van der Waals surface area contributed by atoms with E-state index in [2.05, 4.69) is 32.6 Å². The van der Waals surface area contributed by atoms with Gasteiger partial charge >= 0.3 is 12.0 Å². The molecule has 0 bridgehead atoms. The number of benzene rings is 2. The van der Waals surface area contributed by atoms with Crippen LogP contribution in [0.2, 0.25) is 0 Å². The van der Waals surface area contributed by atoms with Gasteiger partial charge in [0, 0.05) is 6.42 Å². The lowest BCUT2D eigenvalue weighted by molar-refractivity contribution is -0.142. The number of halogens is 4. The second-order valence-electron chi connectivity index (χ2n) is 7.17. The first-order chi connectivity index (χ1) is 18.0. The van der Waals surface area contributed by atoms with Crippen molar-refractivity contribution in [2.75, 3.05) is 24.7 Å². The Hall–Kier alpha value is -4.61. The maximum atomic E-state index is 13.6. The van der Waals surface area contributed by atoms with Crippen LogP contribution in [0, 0.1) is 0 Å². The molecule has 12 heteroatoms. The van der Waals surface area contributed by atoms with Crippen molar-refractivity contribution in [2.24, 2.45) is 0 Å². The van der Waals surface area contributed by atoms with Crippen LogP contribution in [0.4, 0.5) is 28.9 Å². The zero-order valence-electron chi connectivity index (χ0n) is 20.6. The van der Waals surface area contributed by atoms with Gasteiger partial charge in [-0.05, 0) is 31.2 Å². The molecule has 0 amide bonds. The molecule has 0 atom stereocenters. The molecule has 0 aliphatic carbocycles. The van der Waals surface area contributed by atoms with Gasteiger partial charge < -0.3 is 25.9 Å². The molecule has 3 aromatic rings. The molecule has 3 rings (SSSR count). The average Bonchev–Trinajstić information content (AvgIpc) is 2.86. The minimum atomic E-state index is -3.29. The van der Waals surface area contributed by atoms with Crippen molar-refractivity contribution in [1.29, 1.82) is 0 Å². The summed E-state index contributed by atoms with van der Waals surface area (Å²) >= 11 is 0. The molecule has 0 saturated heterocycles. The van der Waals surface area contributed by atoms with Crippen molar-refractivity contribution in [3.8, 4) is 0 Å². The van der Waals surface area contributed by atoms with Crippen LogP contribution in [-0.2, 0) is 20.2 Å². The third-order valence-corrected chi connectivity index (χ3v) is 4.32. The highest BCUT2D eigenvalue weighted by Crippen LogP contribution is 2.28. The summed E-state index contributed by atoms with van der Waals surface area (Å²) in [4.78, 5) is 28.4. The summed E-state index contributed by atoms with van der Waals surface area (Å²) in [5.74, 6) is -5.51. The molecule has 1 heterocycles. The Kier molecular flexibility index (Phi) is 17.5. The van der Waals surface area contributed by atoms with Crippen molar-refractivity contribution in [1.82, 2.24) is 9.97 Å². The van der Waals surface area contributed by atoms with Crippen molar-refractivity contribution < 1.29 is 31.8 Å². The fourth-order valence-electron chi connectivity index (χ4n) is 2.60. The Bertz CT molecular complexity index is 1300. The number of carbonyl (C=O) groups excluding carboxylic acids is 1. The lowest BCUT2D eigenvalue weighted by Gasteiger charge is -2.12. The predicted octanol–water partition coefficient (Wildman–Crippen LogP) is 6.57. The molecule has 8 nitrogen and oxygen atoms in total. The second-order valence-corrected chi connectivity index (χ2v) is 7.17. The normalized spacial score (nSPS) is 9.62. The minimum absolute atomic E-state index is 0. The monoisotopic (exact) mass is 568 g/mol. The third kappa shape index (κ3) is 11.8. The van der Waals surface area contributed by atoms with Gasteiger partial charge in [-0.15, -0.1) is 6.58 Å². The molecule has 0 aliphatic heterocycles. The number of rotatable bonds is 8. The Morgan fingerprint density at radius 1 is 1.00 bits per heavy atom. The lowest BCUT2D eigenvalue weighted by atomic mass is 10.1. The maximum Gasteiger partial charge on any atom is 0.379 e. The number of carbonyl (C=O) groups is 1. The highest BCUT2D eigenvalue weighted by molar-refractivity contribution is 5.86. The van der Waals surface area contributed by atoms with Crippen molar-refractivity contribution in [2.45, 2.75) is 34.1 Å². The summed E-state index contributed by atoms with van der Waals surface area (Å²) in [6.45, 7) is 7.87. The summed E-state index contributed by atoms with van der Waals surface area (Å²) in [7, 11) is 0. The number of aromatic nitrogens is 2. The molecular weight excluding hydrogens is 532 g/mol. The van der Waals surface area contributed by atoms with Gasteiger partial charge in [0.1, 0.15) is 6.61 Å². The Morgan fingerprint density at radius 2 is 1.55 bits per heavy atom. The van der Waals surface area contributed by atoms with E-state index in [1.165, 1.54) is 13.0 Å². The summed E-state index contributed by atoms with van der Waals surface area (Å²) in [5.41, 5.74) is 11.2. The van der Waals surface area contributed by atoms with Crippen LogP contribution < -0.4 is 17.0 Å². The molecule has 0 saturated carbocycles. The summed E-state index contributed by atoms with van der Waals surface area (Å²) in [6.07, 6.45) is -0.486. The van der Waals surface area contributed by atoms with Crippen LogP contribution >= 0.6 is 0 Å². The van der Waals surface area contributed by atoms with Crippen LogP contribution in [0.25, 0.3) is 11.0 Å². The van der Waals surface area contributed by atoms with Gasteiger partial charge in [0.15, 0.2) is 5.69 Å². The number of anilines is 2. The van der Waals surface area contributed by atoms with E-state index < -0.39 is 41.4 Å². The van der Waals surface area contributed by atoms with Crippen LogP contribution in [0.5, 0.6) is 0 Å². The number of H-pyrrole nitrogens is 1.